The Morgan fingerprint density at radius 3 is 3.17 bits per heavy atom. The van der Waals surface area contributed by atoms with Crippen LogP contribution in [-0.2, 0) is 16.8 Å². The monoisotopic (exact) mass is 164 g/mol. The summed E-state index contributed by atoms with van der Waals surface area (Å²) in [6.45, 7) is 3.81. The van der Waals surface area contributed by atoms with Gasteiger partial charge in [-0.3, -0.25) is 0 Å². The van der Waals surface area contributed by atoms with Crippen LogP contribution < -0.4 is 5.32 Å². The lowest BCUT2D eigenvalue weighted by atomic mass is 9.91. The molecule has 3 nitrogen and oxygen atoms in total. The zero-order chi connectivity index (χ0) is 8.02. The van der Waals surface area contributed by atoms with Crippen molar-refractivity contribution in [2.45, 2.75) is 12.1 Å². The molecule has 0 aliphatic carbocycles. The van der Waals surface area contributed by atoms with Gasteiger partial charge < -0.3 is 14.6 Å². The molecule has 0 atom stereocenters. The second kappa shape index (κ2) is 2.12. The Hall–Kier alpha value is -0.800. The molecule has 1 fully saturated rings. The molecule has 1 N–H and O–H groups in total. The molecule has 1 spiro atoms. The summed E-state index contributed by atoms with van der Waals surface area (Å²) in [4.78, 5) is 0. The highest BCUT2D eigenvalue weighted by Gasteiger charge is 2.43. The van der Waals surface area contributed by atoms with Gasteiger partial charge in [0.15, 0.2) is 0 Å². The summed E-state index contributed by atoms with van der Waals surface area (Å²) in [7, 11) is 0. The second-order valence-electron chi connectivity index (χ2n) is 3.59. The van der Waals surface area contributed by atoms with Crippen LogP contribution in [0.4, 0.5) is 0 Å². The Morgan fingerprint density at radius 1 is 1.50 bits per heavy atom. The first kappa shape index (κ1) is 6.69. The molecule has 2 aliphatic rings. The molecule has 3 rings (SSSR count). The summed E-state index contributed by atoms with van der Waals surface area (Å²) < 4.78 is 7.58. The molecule has 3 heterocycles. The molecule has 64 valence electrons. The van der Waals surface area contributed by atoms with Crippen molar-refractivity contribution in [3.05, 3.63) is 24.0 Å². The van der Waals surface area contributed by atoms with Gasteiger partial charge in [0.25, 0.3) is 0 Å². The fourth-order valence-electron chi connectivity index (χ4n) is 2.11. The quantitative estimate of drug-likeness (QED) is 0.597. The number of nitrogens with one attached hydrogen (secondary N) is 1. The first-order chi connectivity index (χ1) is 5.91. The van der Waals surface area contributed by atoms with E-state index in [9.17, 15) is 0 Å². The Labute approximate surface area is 71.3 Å². The number of aromatic nitrogens is 1. The number of hydrogen-bond donors (Lipinski definition) is 1. The highest BCUT2D eigenvalue weighted by Crippen LogP contribution is 2.31. The summed E-state index contributed by atoms with van der Waals surface area (Å²) in [6, 6.07) is 4.30. The molecule has 0 saturated carbocycles. The van der Waals surface area contributed by atoms with Crippen molar-refractivity contribution in [1.29, 1.82) is 0 Å². The van der Waals surface area contributed by atoms with E-state index in [4.69, 9.17) is 4.74 Å². The Bertz CT molecular complexity index is 301. The number of fused-ring (bicyclic) bond motifs is 2. The van der Waals surface area contributed by atoms with Crippen LogP contribution in [0, 0.1) is 0 Å². The number of ether oxygens (including phenoxy) is 1. The minimum Gasteiger partial charge on any atom is -0.377 e. The molecule has 0 bridgehead atoms. The zero-order valence-electron chi connectivity index (χ0n) is 6.92. The maximum atomic E-state index is 5.27. The molecule has 1 aromatic heterocycles. The number of rotatable bonds is 0. The molecule has 2 aliphatic heterocycles. The smallest absolute Gasteiger partial charge is 0.106 e. The maximum Gasteiger partial charge on any atom is 0.106 e. The summed E-state index contributed by atoms with van der Waals surface area (Å²) in [5.74, 6) is 0. The van der Waals surface area contributed by atoms with Crippen LogP contribution >= 0.6 is 0 Å². The van der Waals surface area contributed by atoms with Gasteiger partial charge >= 0.3 is 0 Å². The molecule has 0 unspecified atom stereocenters. The van der Waals surface area contributed by atoms with Crippen LogP contribution in [-0.4, -0.2) is 24.3 Å². The number of hydrogen-bond acceptors (Lipinski definition) is 2. The third-order valence-corrected chi connectivity index (χ3v) is 2.83. The average Bonchev–Trinajstić information content (AvgIpc) is 2.47. The largest absolute Gasteiger partial charge is 0.377 e. The Morgan fingerprint density at radius 2 is 2.42 bits per heavy atom. The predicted octanol–water partition coefficient (Wildman–Crippen LogP) is 0.317. The van der Waals surface area contributed by atoms with E-state index in [1.54, 1.807) is 0 Å². The number of nitrogens with zero attached hydrogens (tertiary/aromatic N) is 1. The van der Waals surface area contributed by atoms with E-state index in [1.165, 1.54) is 5.69 Å². The van der Waals surface area contributed by atoms with Crippen molar-refractivity contribution >= 4 is 0 Å². The van der Waals surface area contributed by atoms with E-state index in [0.29, 0.717) is 0 Å². The van der Waals surface area contributed by atoms with Gasteiger partial charge in [-0.1, -0.05) is 0 Å². The van der Waals surface area contributed by atoms with Crippen LogP contribution in [0.2, 0.25) is 0 Å². The topological polar surface area (TPSA) is 26.2 Å². The van der Waals surface area contributed by atoms with Crippen molar-refractivity contribution in [3.8, 4) is 0 Å². The van der Waals surface area contributed by atoms with Crippen LogP contribution in [0.1, 0.15) is 5.69 Å². The lowest BCUT2D eigenvalue weighted by Gasteiger charge is -2.45. The standard InChI is InChI=1S/C9H12N2O/c1-2-8-9(6-12-7-9)10-3-5-11(8)4-1/h1-2,4,10H,3,5-7H2. The third kappa shape index (κ3) is 0.678. The summed E-state index contributed by atoms with van der Waals surface area (Å²) in [6.07, 6.45) is 2.15. The summed E-state index contributed by atoms with van der Waals surface area (Å²) >= 11 is 0. The minimum absolute atomic E-state index is 0.155. The molecule has 0 amide bonds. The van der Waals surface area contributed by atoms with E-state index in [1.807, 2.05) is 0 Å². The molecule has 1 aromatic rings. The predicted molar refractivity (Wildman–Crippen MR) is 44.9 cm³/mol. The molecule has 0 aromatic carbocycles. The van der Waals surface area contributed by atoms with Crippen LogP contribution in [0.25, 0.3) is 0 Å². The highest BCUT2D eigenvalue weighted by atomic mass is 16.5. The van der Waals surface area contributed by atoms with E-state index in [2.05, 4.69) is 28.2 Å². The molecular weight excluding hydrogens is 152 g/mol. The van der Waals surface area contributed by atoms with Crippen LogP contribution in [0.3, 0.4) is 0 Å². The van der Waals surface area contributed by atoms with E-state index >= 15 is 0 Å². The SMILES string of the molecule is c1cc2n(c1)CCNC21COC1. The Kier molecular flexibility index (Phi) is 1.18. The van der Waals surface area contributed by atoms with Gasteiger partial charge in [0.1, 0.15) is 5.54 Å². The first-order valence-corrected chi connectivity index (χ1v) is 4.39. The van der Waals surface area contributed by atoms with Crippen LogP contribution in [0.5, 0.6) is 0 Å². The van der Waals surface area contributed by atoms with E-state index < -0.39 is 0 Å². The summed E-state index contributed by atoms with van der Waals surface area (Å²) in [5.41, 5.74) is 1.54. The van der Waals surface area contributed by atoms with Crippen molar-refractivity contribution in [2.75, 3.05) is 19.8 Å². The van der Waals surface area contributed by atoms with Gasteiger partial charge in [-0.25, -0.2) is 0 Å². The molecule has 1 saturated heterocycles. The fraction of sp³-hybridized carbons (Fsp3) is 0.556. The molecule has 0 radical (unpaired) electrons. The van der Waals surface area contributed by atoms with Gasteiger partial charge in [0, 0.05) is 25.0 Å². The van der Waals surface area contributed by atoms with Crippen molar-refractivity contribution < 1.29 is 4.74 Å². The fourth-order valence-corrected chi connectivity index (χ4v) is 2.11. The lowest BCUT2D eigenvalue weighted by molar-refractivity contribution is -0.0876. The van der Waals surface area contributed by atoms with E-state index in [-0.39, 0.29) is 5.54 Å². The third-order valence-electron chi connectivity index (χ3n) is 2.83. The van der Waals surface area contributed by atoms with Gasteiger partial charge in [-0.15, -0.1) is 0 Å². The highest BCUT2D eigenvalue weighted by molar-refractivity contribution is 5.23. The van der Waals surface area contributed by atoms with Gasteiger partial charge in [0.2, 0.25) is 0 Å². The zero-order valence-corrected chi connectivity index (χ0v) is 6.92. The Balaban J connectivity index is 2.09. The van der Waals surface area contributed by atoms with Gasteiger partial charge in [-0.2, -0.15) is 0 Å². The van der Waals surface area contributed by atoms with Gasteiger partial charge in [-0.05, 0) is 12.1 Å². The maximum absolute atomic E-state index is 5.27. The lowest BCUT2D eigenvalue weighted by Crippen LogP contribution is -2.61. The molecule has 12 heavy (non-hydrogen) atoms. The van der Waals surface area contributed by atoms with Gasteiger partial charge in [0.05, 0.1) is 13.2 Å². The molecular formula is C9H12N2O. The molecule has 3 heteroatoms. The average molecular weight is 164 g/mol. The minimum atomic E-state index is 0.155. The van der Waals surface area contributed by atoms with Crippen molar-refractivity contribution in [3.63, 3.8) is 0 Å². The van der Waals surface area contributed by atoms with Crippen LogP contribution in [0.15, 0.2) is 18.3 Å². The second-order valence-corrected chi connectivity index (χ2v) is 3.59. The van der Waals surface area contributed by atoms with E-state index in [0.717, 1.165) is 26.3 Å². The van der Waals surface area contributed by atoms with Crippen molar-refractivity contribution in [1.82, 2.24) is 9.88 Å². The summed E-state index contributed by atoms with van der Waals surface area (Å²) in [5, 5.41) is 3.53. The van der Waals surface area contributed by atoms with Crippen molar-refractivity contribution in [2.24, 2.45) is 0 Å². The normalized spacial score (nSPS) is 25.0. The first-order valence-electron chi connectivity index (χ1n) is 4.39.